The van der Waals surface area contributed by atoms with Crippen LogP contribution in [0.4, 0.5) is 0 Å². The molecule has 3 saturated heterocycles. The average molecular weight is 1910 g/mol. The minimum absolute atomic E-state index is 0.00448. The fraction of sp³-hybridized carbons (Fsp3) is 0.527. The Morgan fingerprint density at radius 2 is 1.15 bits per heavy atom. The molecule has 0 radical (unpaired) electrons. The molecule has 15 amide bonds. The van der Waals surface area contributed by atoms with Crippen molar-refractivity contribution in [3.05, 3.63) is 120 Å². The number of carbonyl (C=O) groups excluding carboxylic acids is 16. The van der Waals surface area contributed by atoms with E-state index in [1.165, 1.54) is 69.8 Å². The number of nitrogens with zero attached hydrogens (tertiary/aromatic N) is 6. The second kappa shape index (κ2) is 51.2. The molecule has 0 unspecified atom stereocenters. The van der Waals surface area contributed by atoms with Gasteiger partial charge in [-0.1, -0.05) is 88.1 Å². The van der Waals surface area contributed by atoms with Gasteiger partial charge in [-0.15, -0.1) is 11.8 Å². The summed E-state index contributed by atoms with van der Waals surface area (Å²) in [6.07, 6.45) is 2.51. The van der Waals surface area contributed by atoms with Crippen molar-refractivity contribution < 1.29 is 102 Å². The van der Waals surface area contributed by atoms with E-state index < -0.39 is 254 Å². The topological polar surface area (TPSA) is 670 Å². The van der Waals surface area contributed by atoms with E-state index >= 15 is 38.4 Å². The Morgan fingerprint density at radius 3 is 1.77 bits per heavy atom. The SMILES string of the molecule is CCCC[C@H]1C(=O)N(C)[C@@H](CCCC)C(=O)N[C@@H](CCCNC(=N)N)C(=O)N[C@H](C(=O)NCC(N)=O)CSCC(=O)N[C@@H](Cc2ccc(O)cc2)C(=O)N(C)[C@@H](C)C(=O)N[C@@H](CCCN)C(=O)N2CCC[C@H]2C(=O)N[C@@H](Cc2c[nH]cn2)C(=O)N[C@@H](CC(=O)O)C(=O)N2C[C@H](O)C[C@H]2C(=O)C[C@@H](Cc2c[nH]c3ccccc23)C(=O)N[C@@H](CO)C(=O)N[C@@H](Cc2c[nH]c3ccccc23)C(=O)N1C. The number of ketones is 1. The molecule has 45 heteroatoms. The van der Waals surface area contributed by atoms with Crippen LogP contribution in [0.5, 0.6) is 5.75 Å². The summed E-state index contributed by atoms with van der Waals surface area (Å²) in [6.45, 7) is 2.52. The largest absolute Gasteiger partial charge is 0.508 e. The summed E-state index contributed by atoms with van der Waals surface area (Å²) in [5, 5.41) is 78.6. The number of carboxylic acid groups (broad SMARTS) is 1. The van der Waals surface area contributed by atoms with E-state index in [2.05, 4.69) is 73.1 Å². The normalized spacial score (nSPS) is 24.7. The lowest BCUT2D eigenvalue weighted by molar-refractivity contribution is -0.149. The van der Waals surface area contributed by atoms with E-state index in [0.29, 0.717) is 64.2 Å². The number of primary amides is 1. The molecule has 3 aliphatic rings. The van der Waals surface area contributed by atoms with Gasteiger partial charge in [0, 0.05) is 125 Å². The van der Waals surface area contributed by atoms with Gasteiger partial charge in [0.15, 0.2) is 11.7 Å². The van der Waals surface area contributed by atoms with E-state index in [1.807, 2.05) is 13.8 Å². The fourth-order valence-corrected chi connectivity index (χ4v) is 17.8. The van der Waals surface area contributed by atoms with E-state index in [1.54, 1.807) is 60.9 Å². The molecule has 9 rings (SSSR count). The van der Waals surface area contributed by atoms with Crippen LogP contribution < -0.4 is 70.4 Å². The van der Waals surface area contributed by atoms with E-state index in [9.17, 15) is 63.6 Å². The van der Waals surface area contributed by atoms with E-state index in [-0.39, 0.29) is 102 Å². The number of phenolic OH excluding ortho intramolecular Hbond substituents is 1. The van der Waals surface area contributed by atoms with Gasteiger partial charge < -0.3 is 130 Å². The Bertz CT molecular complexity index is 5230. The smallest absolute Gasteiger partial charge is 0.305 e. The quantitative estimate of drug-likeness (QED) is 0.0143. The molecule has 3 aromatic heterocycles. The molecule has 0 spiro atoms. The van der Waals surface area contributed by atoms with E-state index in [0.717, 1.165) is 31.4 Å². The molecule has 3 aliphatic heterocycles. The van der Waals surface area contributed by atoms with Crippen molar-refractivity contribution in [3.8, 4) is 5.75 Å². The minimum Gasteiger partial charge on any atom is -0.508 e. The number of imidazole rings is 1. The predicted octanol–water partition coefficient (Wildman–Crippen LogP) is -2.55. The molecular formula is C91H127N23O21S. The number of aromatic hydroxyl groups is 1. The van der Waals surface area contributed by atoms with E-state index in [4.69, 9.17) is 22.6 Å². The summed E-state index contributed by atoms with van der Waals surface area (Å²) in [5.74, 6) is -19.7. The molecule has 0 bridgehead atoms. The van der Waals surface area contributed by atoms with Crippen LogP contribution in [0, 0.1) is 11.3 Å². The number of thioether (sulfide) groups is 1. The number of benzene rings is 3. The second-order valence-corrected chi connectivity index (χ2v) is 35.5. The zero-order valence-corrected chi connectivity index (χ0v) is 77.9. The summed E-state index contributed by atoms with van der Waals surface area (Å²) in [4.78, 5) is 269. The van der Waals surface area contributed by atoms with Crippen LogP contribution in [0.25, 0.3) is 21.8 Å². The van der Waals surface area contributed by atoms with Gasteiger partial charge in [-0.3, -0.25) is 86.9 Å². The minimum atomic E-state index is -2.03. The third-order valence-corrected chi connectivity index (χ3v) is 25.6. The molecule has 6 aromatic rings. The maximum absolute atomic E-state index is 15.8. The number of likely N-dealkylation sites (N-methyl/N-ethyl adjacent to an activating group) is 3. The molecule has 24 N–H and O–H groups in total. The van der Waals surface area contributed by atoms with Crippen LogP contribution in [0.3, 0.4) is 0 Å². The number of carboxylic acids is 1. The van der Waals surface area contributed by atoms with Crippen molar-refractivity contribution in [1.82, 2.24) is 97.6 Å². The van der Waals surface area contributed by atoms with Gasteiger partial charge in [-0.2, -0.15) is 0 Å². The lowest BCUT2D eigenvalue weighted by Gasteiger charge is -2.36. The number of hydrogen-bond donors (Lipinski definition) is 21. The van der Waals surface area contributed by atoms with Gasteiger partial charge in [-0.25, -0.2) is 4.98 Å². The first-order chi connectivity index (χ1) is 64.9. The molecule has 3 fully saturated rings. The maximum atomic E-state index is 15.8. The number of aromatic amines is 3. The van der Waals surface area contributed by atoms with Crippen molar-refractivity contribution in [3.63, 3.8) is 0 Å². The van der Waals surface area contributed by atoms with Crippen LogP contribution in [-0.2, 0) is 107 Å². The first kappa shape index (κ1) is 106. The highest BCUT2D eigenvalue weighted by atomic mass is 32.2. The van der Waals surface area contributed by atoms with Crippen molar-refractivity contribution in [2.75, 3.05) is 72.0 Å². The molecule has 3 aromatic carbocycles. The molecule has 44 nitrogen and oxygen atoms in total. The molecule has 738 valence electrons. The number of fused-ring (bicyclic) bond motifs is 4. The predicted molar refractivity (Wildman–Crippen MR) is 498 cm³/mol. The van der Waals surface area contributed by atoms with Gasteiger partial charge in [0.05, 0.1) is 49.5 Å². The van der Waals surface area contributed by atoms with Crippen LogP contribution >= 0.6 is 11.8 Å². The molecule has 6 heterocycles. The molecular weight excluding hydrogens is 1780 g/mol. The number of hydrogen-bond acceptors (Lipinski definition) is 24. The first-order valence-corrected chi connectivity index (χ1v) is 46.7. The number of phenols is 1. The van der Waals surface area contributed by atoms with Crippen LogP contribution in [-0.4, -0.2) is 328 Å². The van der Waals surface area contributed by atoms with Crippen molar-refractivity contribution >= 4 is 140 Å². The zero-order valence-electron chi connectivity index (χ0n) is 77.0. The number of aliphatic hydroxyl groups is 2. The van der Waals surface area contributed by atoms with Crippen molar-refractivity contribution in [2.24, 2.45) is 23.1 Å². The summed E-state index contributed by atoms with van der Waals surface area (Å²) < 4.78 is 0. The number of amides is 15. The number of guanidine groups is 1. The molecule has 136 heavy (non-hydrogen) atoms. The molecule has 15 atom stereocenters. The van der Waals surface area contributed by atoms with Gasteiger partial charge in [0.2, 0.25) is 88.6 Å². The van der Waals surface area contributed by atoms with Crippen molar-refractivity contribution in [1.29, 1.82) is 5.41 Å². The van der Waals surface area contributed by atoms with Gasteiger partial charge >= 0.3 is 5.97 Å². The second-order valence-electron chi connectivity index (χ2n) is 34.5. The highest BCUT2D eigenvalue weighted by Gasteiger charge is 2.47. The monoisotopic (exact) mass is 1910 g/mol. The Morgan fingerprint density at radius 1 is 0.574 bits per heavy atom. The Labute approximate surface area is 789 Å². The molecule has 0 aliphatic carbocycles. The van der Waals surface area contributed by atoms with Crippen LogP contribution in [0.2, 0.25) is 0 Å². The number of para-hydroxylation sites is 2. The number of nitrogens with one attached hydrogen (secondary N) is 14. The van der Waals surface area contributed by atoms with Gasteiger partial charge in [0.25, 0.3) is 0 Å². The number of Topliss-reactive ketones (excluding diaryl/α,β-unsaturated/α-hetero) is 1. The third-order valence-electron chi connectivity index (χ3n) is 24.6. The third kappa shape index (κ3) is 29.5. The number of carbonyl (C=O) groups is 17. The summed E-state index contributed by atoms with van der Waals surface area (Å²) >= 11 is 0.775. The van der Waals surface area contributed by atoms with Gasteiger partial charge in [0.1, 0.15) is 78.3 Å². The number of unbranched alkanes of at least 4 members (excludes halogenated alkanes) is 2. The van der Waals surface area contributed by atoms with Gasteiger partial charge in [-0.05, 0) is 112 Å². The maximum Gasteiger partial charge on any atom is 0.305 e. The summed E-state index contributed by atoms with van der Waals surface area (Å²) in [6, 6.07) is -0.841. The Kier molecular flexibility index (Phi) is 40.0. The number of nitrogens with two attached hydrogens (primary N) is 3. The number of aliphatic hydroxyl groups excluding tert-OH is 2. The number of H-pyrrole nitrogens is 3. The lowest BCUT2D eigenvalue weighted by atomic mass is 9.90. The zero-order chi connectivity index (χ0) is 99.1. The number of aromatic nitrogens is 4. The summed E-state index contributed by atoms with van der Waals surface area (Å²) in [5.41, 5.74) is 19.9. The highest BCUT2D eigenvalue weighted by molar-refractivity contribution is 8.00. The Hall–Kier alpha value is -13.6. The Balaban J connectivity index is 1.10. The lowest BCUT2D eigenvalue weighted by Crippen LogP contribution is -2.61. The highest BCUT2D eigenvalue weighted by Crippen LogP contribution is 2.30. The van der Waals surface area contributed by atoms with Crippen LogP contribution in [0.1, 0.15) is 139 Å². The number of rotatable bonds is 27. The first-order valence-electron chi connectivity index (χ1n) is 45.6. The number of aliphatic carboxylic acids is 1. The molecule has 0 saturated carbocycles. The summed E-state index contributed by atoms with van der Waals surface area (Å²) in [7, 11) is 3.93. The van der Waals surface area contributed by atoms with Crippen molar-refractivity contribution in [2.45, 2.75) is 227 Å². The average Bonchev–Trinajstić information content (AvgIpc) is 1.18. The van der Waals surface area contributed by atoms with Crippen LogP contribution in [0.15, 0.2) is 97.7 Å². The fourth-order valence-electron chi connectivity index (χ4n) is 16.9. The standard InChI is InChI=1S/C91H127N23O21S/c1-7-9-24-70-84(129)103-62(23-16-32-97-91(94)95)81(126)109-69(80(125)100-44-75(93)119)47-136-48-76(120)102-65(34-51-27-29-56(116)30-28-51)86(131)110(4)50(3)78(123)104-63(22-15-31-92)88(133)113-33-17-26-71(113)85(130)105-64(38-55-43-96-49-101-55)82(127)107-67(40-77(121)122)89(134)114-45-57(117)39-73(114)74(118)37-52(35-53-41-98-60-20-13-11-18-58(53)60)79(124)108-68(46-115)83(128)106-66(36-54-42-99-61-21-14-12-19-59(54)61)87(132)112(6)72(25-10-8-2)90(135)111(70)5/h11-14,18-21,27-30,41-43,49-50,52,57,62-73,98-99,115-117H,7-10,15-17,22-26,31-40,44-48,92H2,1-6H3,(H2,93,119)(H,96,101)(H,100,125)(H,102,120)(H,103,129)(H,104,123)(H,105,130)(H,106,128)(H,107,127)(H,108,124)(H,109,126)(H,121,122)(H4,94,95,97)/t50-,52+,57+,62-,63-,64-,65-,66-,67-,68-,69-,70-,71-,72-,73-/m0/s1.